The summed E-state index contributed by atoms with van der Waals surface area (Å²) in [5, 5.41) is 0. The lowest BCUT2D eigenvalue weighted by Gasteiger charge is -1.80. The van der Waals surface area contributed by atoms with Crippen LogP contribution < -0.4 is 0 Å². The molecule has 0 atom stereocenters. The van der Waals surface area contributed by atoms with Crippen molar-refractivity contribution in [2.24, 2.45) is 0 Å². The normalized spacial score (nSPS) is 21.0. The fraction of sp³-hybridized carbons (Fsp3) is 0.500. The fourth-order valence-electron chi connectivity index (χ4n) is 0.388. The molecule has 0 amide bonds. The van der Waals surface area contributed by atoms with Gasteiger partial charge in [0.2, 0.25) is 0 Å². The minimum absolute atomic E-state index is 0.102. The Morgan fingerprint density at radius 3 is 2.83 bits per heavy atom. The molecule has 33 valence electrons. The molecule has 2 heteroatoms. The van der Waals surface area contributed by atoms with Crippen LogP contribution >= 0.6 is 0 Å². The van der Waals surface area contributed by atoms with Gasteiger partial charge in [0.25, 0.3) is 0 Å². The van der Waals surface area contributed by atoms with E-state index in [2.05, 4.69) is 4.74 Å². The van der Waals surface area contributed by atoms with Gasteiger partial charge in [-0.1, -0.05) is 0 Å². The first-order chi connectivity index (χ1) is 2.89. The molecule has 0 spiro atoms. The zero-order valence-electron chi connectivity index (χ0n) is 3.31. The molecular weight excluding hydrogens is 80.0 g/mol. The molecule has 1 aliphatic heterocycles. The summed E-state index contributed by atoms with van der Waals surface area (Å²) >= 11 is 0. The maximum absolute atomic E-state index is 9.99. The van der Waals surface area contributed by atoms with Crippen LogP contribution in [0.1, 0.15) is 12.8 Å². The number of hydrogen-bond donors (Lipinski definition) is 0. The molecule has 1 aliphatic rings. The first-order valence-electron chi connectivity index (χ1n) is 1.91. The predicted molar refractivity (Wildman–Crippen MR) is 19.6 cm³/mol. The number of carbonyl (C=O) groups excluding carboxylic acids is 1. The topological polar surface area (TPSA) is 26.3 Å². The number of ether oxygens (including phenoxy) is 1. The van der Waals surface area contributed by atoms with Crippen LogP contribution in [0.25, 0.3) is 0 Å². The van der Waals surface area contributed by atoms with Crippen LogP contribution in [0.5, 0.6) is 0 Å². The number of hydrogen-bond acceptors (Lipinski definition) is 2. The molecule has 1 fully saturated rings. The second-order valence-electron chi connectivity index (χ2n) is 1.20. The summed E-state index contributed by atoms with van der Waals surface area (Å²) in [4.78, 5) is 9.99. The SMILES string of the molecule is O=C1CC[CH]O1. The molecule has 0 unspecified atom stereocenters. The van der Waals surface area contributed by atoms with Gasteiger partial charge in [-0.3, -0.25) is 4.79 Å². The molecule has 0 N–H and O–H groups in total. The van der Waals surface area contributed by atoms with E-state index in [0.717, 1.165) is 6.42 Å². The van der Waals surface area contributed by atoms with Crippen molar-refractivity contribution in [2.75, 3.05) is 0 Å². The van der Waals surface area contributed by atoms with E-state index < -0.39 is 0 Å². The Kier molecular flexibility index (Phi) is 0.783. The maximum atomic E-state index is 9.99. The van der Waals surface area contributed by atoms with Crippen LogP contribution in [0.3, 0.4) is 0 Å². The Labute approximate surface area is 36.1 Å². The average molecular weight is 85.1 g/mol. The number of cyclic esters (lactones) is 1. The van der Waals surface area contributed by atoms with Crippen LogP contribution in [0, 0.1) is 6.61 Å². The summed E-state index contributed by atoms with van der Waals surface area (Å²) in [6, 6.07) is 0. The van der Waals surface area contributed by atoms with Crippen molar-refractivity contribution < 1.29 is 9.53 Å². The van der Waals surface area contributed by atoms with E-state index in [1.165, 1.54) is 6.61 Å². The first-order valence-corrected chi connectivity index (χ1v) is 1.91. The van der Waals surface area contributed by atoms with E-state index >= 15 is 0 Å². The van der Waals surface area contributed by atoms with Gasteiger partial charge >= 0.3 is 5.97 Å². The Morgan fingerprint density at radius 1 is 1.83 bits per heavy atom. The molecule has 6 heavy (non-hydrogen) atoms. The van der Waals surface area contributed by atoms with Crippen molar-refractivity contribution in [3.05, 3.63) is 6.61 Å². The summed E-state index contributed by atoms with van der Waals surface area (Å²) in [5.74, 6) is -0.102. The highest BCUT2D eigenvalue weighted by molar-refractivity contribution is 5.71. The van der Waals surface area contributed by atoms with E-state index in [1.807, 2.05) is 0 Å². The third-order valence-corrected chi connectivity index (χ3v) is 0.681. The Morgan fingerprint density at radius 2 is 2.67 bits per heavy atom. The van der Waals surface area contributed by atoms with E-state index in [-0.39, 0.29) is 5.97 Å². The molecule has 1 rings (SSSR count). The molecule has 1 saturated heterocycles. The quantitative estimate of drug-likeness (QED) is 0.400. The van der Waals surface area contributed by atoms with Gasteiger partial charge in [-0.05, 0) is 6.42 Å². The molecule has 0 aromatic carbocycles. The van der Waals surface area contributed by atoms with Crippen LogP contribution in [0.2, 0.25) is 0 Å². The lowest BCUT2D eigenvalue weighted by Crippen LogP contribution is -1.86. The molecule has 1 heterocycles. The maximum Gasteiger partial charge on any atom is 0.306 e. The van der Waals surface area contributed by atoms with Gasteiger partial charge in [-0.2, -0.15) is 0 Å². The number of carbonyl (C=O) groups is 1. The van der Waals surface area contributed by atoms with E-state index in [0.29, 0.717) is 6.42 Å². The van der Waals surface area contributed by atoms with Gasteiger partial charge in [0, 0.05) is 6.42 Å². The molecule has 1 radical (unpaired) electrons. The van der Waals surface area contributed by atoms with Crippen molar-refractivity contribution >= 4 is 5.97 Å². The van der Waals surface area contributed by atoms with Gasteiger partial charge in [-0.25, -0.2) is 0 Å². The predicted octanol–water partition coefficient (Wildman–Crippen LogP) is 0.485. The lowest BCUT2D eigenvalue weighted by molar-refractivity contribution is -0.135. The first kappa shape index (κ1) is 3.65. The van der Waals surface area contributed by atoms with Crippen molar-refractivity contribution in [1.29, 1.82) is 0 Å². The molecule has 0 saturated carbocycles. The van der Waals surface area contributed by atoms with Crippen LogP contribution in [0.4, 0.5) is 0 Å². The second kappa shape index (κ2) is 1.29. The number of rotatable bonds is 0. The zero-order valence-corrected chi connectivity index (χ0v) is 3.31. The van der Waals surface area contributed by atoms with Crippen LogP contribution in [-0.2, 0) is 9.53 Å². The smallest absolute Gasteiger partial charge is 0.306 e. The zero-order chi connectivity index (χ0) is 4.41. The molecule has 0 bridgehead atoms. The van der Waals surface area contributed by atoms with E-state index in [1.54, 1.807) is 0 Å². The standard InChI is InChI=1S/C4H5O2/c5-4-2-1-3-6-4/h3H,1-2H2. The fourth-order valence-corrected chi connectivity index (χ4v) is 0.388. The highest BCUT2D eigenvalue weighted by Crippen LogP contribution is 2.06. The summed E-state index contributed by atoms with van der Waals surface area (Å²) < 4.78 is 4.39. The summed E-state index contributed by atoms with van der Waals surface area (Å²) in [6.07, 6.45) is 1.36. The van der Waals surface area contributed by atoms with Gasteiger partial charge in [0.1, 0.15) is 6.61 Å². The van der Waals surface area contributed by atoms with Crippen molar-refractivity contribution in [3.8, 4) is 0 Å². The minimum Gasteiger partial charge on any atom is -0.458 e. The Bertz CT molecular complexity index is 59.9. The highest BCUT2D eigenvalue weighted by Gasteiger charge is 2.09. The van der Waals surface area contributed by atoms with Gasteiger partial charge in [0.15, 0.2) is 0 Å². The third kappa shape index (κ3) is 0.506. The van der Waals surface area contributed by atoms with Crippen molar-refractivity contribution in [2.45, 2.75) is 12.8 Å². The molecule has 0 aromatic rings. The number of esters is 1. The monoisotopic (exact) mass is 85.0 g/mol. The van der Waals surface area contributed by atoms with Gasteiger partial charge in [0.05, 0.1) is 0 Å². The minimum atomic E-state index is -0.102. The highest BCUT2D eigenvalue weighted by atomic mass is 16.5. The van der Waals surface area contributed by atoms with Crippen LogP contribution in [0.15, 0.2) is 0 Å². The molecule has 2 nitrogen and oxygen atoms in total. The Hall–Kier alpha value is -0.530. The summed E-state index contributed by atoms with van der Waals surface area (Å²) in [6.45, 7) is 1.53. The van der Waals surface area contributed by atoms with E-state index in [4.69, 9.17) is 0 Å². The Balaban J connectivity index is 2.37. The van der Waals surface area contributed by atoms with Gasteiger partial charge < -0.3 is 4.74 Å². The summed E-state index contributed by atoms with van der Waals surface area (Å²) in [7, 11) is 0. The average Bonchev–Trinajstić information content (AvgIpc) is 1.86. The van der Waals surface area contributed by atoms with Crippen molar-refractivity contribution in [3.63, 3.8) is 0 Å². The van der Waals surface area contributed by atoms with Crippen LogP contribution in [-0.4, -0.2) is 5.97 Å². The molecule has 0 aliphatic carbocycles. The third-order valence-electron chi connectivity index (χ3n) is 0.681. The second-order valence-corrected chi connectivity index (χ2v) is 1.20. The van der Waals surface area contributed by atoms with Crippen molar-refractivity contribution in [1.82, 2.24) is 0 Å². The largest absolute Gasteiger partial charge is 0.458 e. The molecular formula is C4H5O2. The summed E-state index contributed by atoms with van der Waals surface area (Å²) in [5.41, 5.74) is 0. The molecule has 0 aromatic heterocycles. The van der Waals surface area contributed by atoms with E-state index in [9.17, 15) is 4.79 Å². The van der Waals surface area contributed by atoms with Gasteiger partial charge in [-0.15, -0.1) is 0 Å². The lowest BCUT2D eigenvalue weighted by atomic mass is 10.4.